The standard InChI is InChI=1S/C20H13F3N2O2/c1-11(26)12-6-15(13-8-24-10-25-9-13)18-14-4-2-3-5-16(14)19(27,17(18)7-12)20(21,22)23/h2-10,27H,1H3. The third-order valence-electron chi connectivity index (χ3n) is 4.80. The number of halogens is 3. The van der Waals surface area contributed by atoms with Crippen LogP contribution in [0.4, 0.5) is 13.2 Å². The van der Waals surface area contributed by atoms with Crippen molar-refractivity contribution in [3.8, 4) is 22.3 Å². The van der Waals surface area contributed by atoms with Crippen LogP contribution in [0.15, 0.2) is 55.1 Å². The quantitative estimate of drug-likeness (QED) is 0.689. The number of aliphatic hydroxyl groups is 1. The minimum absolute atomic E-state index is 0.0723. The normalized spacial score (nSPS) is 18.1. The van der Waals surface area contributed by atoms with Gasteiger partial charge in [-0.05, 0) is 35.7 Å². The van der Waals surface area contributed by atoms with Crippen LogP contribution in [0.2, 0.25) is 0 Å². The van der Waals surface area contributed by atoms with Gasteiger partial charge in [-0.1, -0.05) is 24.3 Å². The van der Waals surface area contributed by atoms with Gasteiger partial charge in [-0.15, -0.1) is 0 Å². The Balaban J connectivity index is 2.17. The average Bonchev–Trinajstić information content (AvgIpc) is 2.92. The lowest BCUT2D eigenvalue weighted by atomic mass is 9.87. The third kappa shape index (κ3) is 2.39. The lowest BCUT2D eigenvalue weighted by molar-refractivity contribution is -0.246. The monoisotopic (exact) mass is 370 g/mol. The fourth-order valence-corrected chi connectivity index (χ4v) is 3.55. The van der Waals surface area contributed by atoms with Crippen molar-refractivity contribution < 1.29 is 23.1 Å². The molecule has 7 heteroatoms. The predicted octanol–water partition coefficient (Wildman–Crippen LogP) is 4.12. The first kappa shape index (κ1) is 17.4. The van der Waals surface area contributed by atoms with Gasteiger partial charge in [-0.25, -0.2) is 9.97 Å². The smallest absolute Gasteiger partial charge is 0.372 e. The second-order valence-electron chi connectivity index (χ2n) is 6.38. The SMILES string of the molecule is CC(=O)c1cc(-c2cncnc2)c2c(c1)C(O)(C(F)(F)F)c1ccccc1-2. The summed E-state index contributed by atoms with van der Waals surface area (Å²) in [6, 6.07) is 8.46. The third-order valence-corrected chi connectivity index (χ3v) is 4.80. The van der Waals surface area contributed by atoms with E-state index in [0.717, 1.165) is 6.07 Å². The van der Waals surface area contributed by atoms with Crippen LogP contribution >= 0.6 is 0 Å². The molecule has 1 aliphatic rings. The molecule has 0 amide bonds. The zero-order valence-electron chi connectivity index (χ0n) is 14.1. The predicted molar refractivity (Wildman–Crippen MR) is 92.0 cm³/mol. The summed E-state index contributed by atoms with van der Waals surface area (Å²) in [6.07, 6.45) is -0.743. The van der Waals surface area contributed by atoms with Crippen molar-refractivity contribution in [3.05, 3.63) is 71.8 Å². The van der Waals surface area contributed by atoms with Gasteiger partial charge in [0, 0.05) is 34.6 Å². The maximum absolute atomic E-state index is 14.0. The van der Waals surface area contributed by atoms with Crippen molar-refractivity contribution in [2.45, 2.75) is 18.7 Å². The van der Waals surface area contributed by atoms with Gasteiger partial charge in [0.15, 0.2) is 5.78 Å². The summed E-state index contributed by atoms with van der Waals surface area (Å²) < 4.78 is 42.0. The van der Waals surface area contributed by atoms with E-state index in [-0.39, 0.29) is 27.8 Å². The summed E-state index contributed by atoms with van der Waals surface area (Å²) in [5, 5.41) is 10.8. The maximum atomic E-state index is 14.0. The van der Waals surface area contributed by atoms with Gasteiger partial charge >= 0.3 is 6.18 Å². The lowest BCUT2D eigenvalue weighted by Gasteiger charge is -2.28. The van der Waals surface area contributed by atoms with E-state index in [1.165, 1.54) is 49.9 Å². The molecule has 0 spiro atoms. The molecule has 27 heavy (non-hydrogen) atoms. The van der Waals surface area contributed by atoms with Crippen LogP contribution in [0.5, 0.6) is 0 Å². The number of fused-ring (bicyclic) bond motifs is 3. The Labute approximate surface area is 152 Å². The van der Waals surface area contributed by atoms with Crippen LogP contribution in [0, 0.1) is 0 Å². The molecule has 1 unspecified atom stereocenters. The Morgan fingerprint density at radius 3 is 2.33 bits per heavy atom. The van der Waals surface area contributed by atoms with E-state index in [4.69, 9.17) is 0 Å². The molecule has 4 nitrogen and oxygen atoms in total. The minimum Gasteiger partial charge on any atom is -0.372 e. The first-order valence-electron chi connectivity index (χ1n) is 8.09. The van der Waals surface area contributed by atoms with Crippen LogP contribution in [0.25, 0.3) is 22.3 Å². The molecule has 3 aromatic rings. The Morgan fingerprint density at radius 1 is 1.04 bits per heavy atom. The van der Waals surface area contributed by atoms with Gasteiger partial charge in [0.1, 0.15) is 6.33 Å². The van der Waals surface area contributed by atoms with Crippen molar-refractivity contribution >= 4 is 5.78 Å². The second kappa shape index (κ2) is 5.72. The molecule has 0 fully saturated rings. The Kier molecular flexibility index (Phi) is 3.68. The first-order valence-corrected chi connectivity index (χ1v) is 8.09. The summed E-state index contributed by atoms with van der Waals surface area (Å²) in [7, 11) is 0. The summed E-state index contributed by atoms with van der Waals surface area (Å²) in [4.78, 5) is 19.8. The van der Waals surface area contributed by atoms with E-state index < -0.39 is 17.6 Å². The summed E-state index contributed by atoms with van der Waals surface area (Å²) in [5.41, 5.74) is -2.43. The molecule has 1 aromatic heterocycles. The van der Waals surface area contributed by atoms with E-state index in [1.807, 2.05) is 0 Å². The van der Waals surface area contributed by atoms with E-state index in [0.29, 0.717) is 11.1 Å². The molecule has 0 aliphatic heterocycles. The Hall–Kier alpha value is -3.06. The fourth-order valence-electron chi connectivity index (χ4n) is 3.55. The average molecular weight is 370 g/mol. The van der Waals surface area contributed by atoms with Crippen LogP contribution in [-0.2, 0) is 5.60 Å². The molecule has 1 N–H and O–H groups in total. The van der Waals surface area contributed by atoms with Crippen molar-refractivity contribution in [1.29, 1.82) is 0 Å². The number of nitrogens with zero attached hydrogens (tertiary/aromatic N) is 2. The van der Waals surface area contributed by atoms with Crippen molar-refractivity contribution in [2.75, 3.05) is 0 Å². The largest absolute Gasteiger partial charge is 0.425 e. The van der Waals surface area contributed by atoms with E-state index in [1.54, 1.807) is 6.07 Å². The van der Waals surface area contributed by atoms with Crippen LogP contribution in [0.1, 0.15) is 28.4 Å². The lowest BCUT2D eigenvalue weighted by Crippen LogP contribution is -2.41. The van der Waals surface area contributed by atoms with Crippen LogP contribution in [0.3, 0.4) is 0 Å². The fraction of sp³-hybridized carbons (Fsp3) is 0.150. The molecule has 1 aliphatic carbocycles. The Bertz CT molecular complexity index is 1060. The molecule has 0 bridgehead atoms. The van der Waals surface area contributed by atoms with Crippen molar-refractivity contribution in [2.24, 2.45) is 0 Å². The Morgan fingerprint density at radius 2 is 1.70 bits per heavy atom. The van der Waals surface area contributed by atoms with Gasteiger partial charge < -0.3 is 5.11 Å². The molecule has 1 heterocycles. The first-order chi connectivity index (χ1) is 12.7. The van der Waals surface area contributed by atoms with Gasteiger partial charge in [-0.3, -0.25) is 4.79 Å². The number of ketones is 1. The van der Waals surface area contributed by atoms with Gasteiger partial charge in [0.25, 0.3) is 0 Å². The number of carbonyl (C=O) groups is 1. The van der Waals surface area contributed by atoms with E-state index in [2.05, 4.69) is 9.97 Å². The van der Waals surface area contributed by atoms with Gasteiger partial charge in [-0.2, -0.15) is 13.2 Å². The number of carbonyl (C=O) groups excluding carboxylic acids is 1. The van der Waals surface area contributed by atoms with Gasteiger partial charge in [0.2, 0.25) is 5.60 Å². The minimum atomic E-state index is -4.96. The van der Waals surface area contributed by atoms with Gasteiger partial charge in [0.05, 0.1) is 0 Å². The number of benzene rings is 2. The topological polar surface area (TPSA) is 63.1 Å². The van der Waals surface area contributed by atoms with Crippen molar-refractivity contribution in [1.82, 2.24) is 9.97 Å². The highest BCUT2D eigenvalue weighted by Gasteiger charge is 2.61. The molecule has 1 atom stereocenters. The second-order valence-corrected chi connectivity index (χ2v) is 6.38. The number of Topliss-reactive ketones (excluding diaryl/α,β-unsaturated/α-hetero) is 1. The number of alkyl halides is 3. The molecule has 0 saturated heterocycles. The molecule has 4 rings (SSSR count). The number of aromatic nitrogens is 2. The molecule has 0 radical (unpaired) electrons. The zero-order chi connectivity index (χ0) is 19.4. The van der Waals surface area contributed by atoms with Crippen LogP contribution in [-0.4, -0.2) is 27.0 Å². The molecule has 2 aromatic carbocycles. The van der Waals surface area contributed by atoms with E-state index >= 15 is 0 Å². The molecule has 0 saturated carbocycles. The highest BCUT2D eigenvalue weighted by atomic mass is 19.4. The maximum Gasteiger partial charge on any atom is 0.425 e. The van der Waals surface area contributed by atoms with Crippen LogP contribution < -0.4 is 0 Å². The summed E-state index contributed by atoms with van der Waals surface area (Å²) >= 11 is 0. The highest BCUT2D eigenvalue weighted by molar-refractivity contribution is 6.00. The molecular formula is C20H13F3N2O2. The van der Waals surface area contributed by atoms with Crippen molar-refractivity contribution in [3.63, 3.8) is 0 Å². The summed E-state index contributed by atoms with van der Waals surface area (Å²) in [5.74, 6) is -0.406. The number of hydrogen-bond acceptors (Lipinski definition) is 4. The molecular weight excluding hydrogens is 357 g/mol. The summed E-state index contributed by atoms with van der Waals surface area (Å²) in [6.45, 7) is 1.27. The highest BCUT2D eigenvalue weighted by Crippen LogP contribution is 2.57. The number of rotatable bonds is 2. The zero-order valence-corrected chi connectivity index (χ0v) is 14.1. The van der Waals surface area contributed by atoms with E-state index in [9.17, 15) is 23.1 Å². The molecule has 136 valence electrons. The number of hydrogen-bond donors (Lipinski definition) is 1.